The standard InChI is InChI=1S/C34H43F2N7O2/c1-3-16-37-33(44)40-19-15-32-31(22-40)38-23(2)43(32)30-20-28-13-14-29(21-30)41(28)17-4-18-42(27-11-7-25(36)8-12-27)34(45)39-26-9-5-24(35)6-10-26/h5-12,28-30H,3-4,13-22H2,1-2H3,(H,37,44)(H,39,45)/t28-,29+,30?. The van der Waals surface area contributed by atoms with Gasteiger partial charge in [-0.25, -0.2) is 23.4 Å². The molecule has 1 aromatic heterocycles. The summed E-state index contributed by atoms with van der Waals surface area (Å²) >= 11 is 0. The lowest BCUT2D eigenvalue weighted by atomic mass is 9.95. The maximum atomic E-state index is 13.7. The molecule has 0 aliphatic carbocycles. The second-order valence-electron chi connectivity index (χ2n) is 12.5. The number of fused-ring (bicyclic) bond motifs is 3. The highest BCUT2D eigenvalue weighted by Crippen LogP contribution is 2.42. The molecule has 2 N–H and O–H groups in total. The van der Waals surface area contributed by atoms with Crippen LogP contribution >= 0.6 is 0 Å². The largest absolute Gasteiger partial charge is 0.338 e. The highest BCUT2D eigenvalue weighted by Gasteiger charge is 2.42. The van der Waals surface area contributed by atoms with Crippen LogP contribution in [0.4, 0.5) is 29.7 Å². The number of carbonyl (C=O) groups is 2. The number of amides is 4. The molecule has 2 fully saturated rings. The molecular weight excluding hydrogens is 576 g/mol. The van der Waals surface area contributed by atoms with Crippen molar-refractivity contribution in [3.63, 3.8) is 0 Å². The Morgan fingerprint density at radius 1 is 0.978 bits per heavy atom. The van der Waals surface area contributed by atoms with Crippen molar-refractivity contribution in [1.82, 2.24) is 24.7 Å². The van der Waals surface area contributed by atoms with E-state index in [0.717, 1.165) is 63.0 Å². The van der Waals surface area contributed by atoms with Crippen molar-refractivity contribution in [1.29, 1.82) is 0 Å². The van der Waals surface area contributed by atoms with Gasteiger partial charge >= 0.3 is 12.1 Å². The number of rotatable bonds is 9. The number of benzene rings is 2. The van der Waals surface area contributed by atoms with Crippen LogP contribution in [0.15, 0.2) is 48.5 Å². The summed E-state index contributed by atoms with van der Waals surface area (Å²) in [5.41, 5.74) is 3.42. The van der Waals surface area contributed by atoms with Crippen molar-refractivity contribution in [3.8, 4) is 0 Å². The second-order valence-corrected chi connectivity index (χ2v) is 12.5. The highest BCUT2D eigenvalue weighted by atomic mass is 19.1. The monoisotopic (exact) mass is 619 g/mol. The number of imidazole rings is 1. The van der Waals surface area contributed by atoms with Crippen molar-refractivity contribution >= 4 is 23.4 Å². The third-order valence-electron chi connectivity index (χ3n) is 9.54. The lowest BCUT2D eigenvalue weighted by molar-refractivity contribution is 0.104. The number of halogens is 2. The number of nitrogens with one attached hydrogen (secondary N) is 2. The molecule has 11 heteroatoms. The van der Waals surface area contributed by atoms with Gasteiger partial charge in [0.2, 0.25) is 0 Å². The van der Waals surface area contributed by atoms with Gasteiger partial charge in [0.05, 0.1) is 12.2 Å². The molecular formula is C34H43F2N7O2. The van der Waals surface area contributed by atoms with Gasteiger partial charge in [0.15, 0.2) is 0 Å². The molecule has 2 aromatic carbocycles. The van der Waals surface area contributed by atoms with E-state index in [-0.39, 0.29) is 23.7 Å². The van der Waals surface area contributed by atoms with Gasteiger partial charge in [-0.2, -0.15) is 0 Å². The Balaban J connectivity index is 1.08. The molecule has 4 heterocycles. The molecule has 0 spiro atoms. The normalized spacial score (nSPS) is 21.0. The molecule has 3 aliphatic heterocycles. The molecule has 0 saturated carbocycles. The predicted molar refractivity (Wildman–Crippen MR) is 170 cm³/mol. The molecule has 2 saturated heterocycles. The number of urea groups is 2. The number of carbonyl (C=O) groups excluding carboxylic acids is 2. The van der Waals surface area contributed by atoms with Gasteiger partial charge in [0.25, 0.3) is 0 Å². The fraction of sp³-hybridized carbons (Fsp3) is 0.500. The first-order valence-electron chi connectivity index (χ1n) is 16.3. The van der Waals surface area contributed by atoms with Crippen LogP contribution in [0.1, 0.15) is 68.7 Å². The third kappa shape index (κ3) is 6.83. The van der Waals surface area contributed by atoms with Crippen LogP contribution in [0, 0.1) is 18.6 Å². The molecule has 1 unspecified atom stereocenters. The summed E-state index contributed by atoms with van der Waals surface area (Å²) < 4.78 is 29.5. The molecule has 3 atom stereocenters. The number of nitrogens with zero attached hydrogens (tertiary/aromatic N) is 5. The Bertz CT molecular complexity index is 1480. The van der Waals surface area contributed by atoms with E-state index in [0.29, 0.717) is 55.7 Å². The number of aryl methyl sites for hydroxylation is 1. The Labute approximate surface area is 263 Å². The fourth-order valence-electron chi connectivity index (χ4n) is 7.47. The molecule has 9 nitrogen and oxygen atoms in total. The molecule has 45 heavy (non-hydrogen) atoms. The van der Waals surface area contributed by atoms with Gasteiger partial charge in [-0.15, -0.1) is 0 Å². The molecule has 6 rings (SSSR count). The molecule has 2 bridgehead atoms. The highest BCUT2D eigenvalue weighted by molar-refractivity contribution is 6.01. The molecule has 3 aliphatic rings. The SMILES string of the molecule is CCCNC(=O)N1CCc2c(nc(C)n2C2C[C@H]3CC[C@@H](C2)N3CCCN(C(=O)Nc2ccc(F)cc2)c2ccc(F)cc2)C1. The lowest BCUT2D eigenvalue weighted by Crippen LogP contribution is -2.46. The maximum Gasteiger partial charge on any atom is 0.326 e. The van der Waals surface area contributed by atoms with Crippen LogP contribution in [0.2, 0.25) is 0 Å². The van der Waals surface area contributed by atoms with Gasteiger partial charge < -0.3 is 20.1 Å². The van der Waals surface area contributed by atoms with Crippen LogP contribution in [-0.4, -0.2) is 69.7 Å². The Morgan fingerprint density at radius 2 is 1.64 bits per heavy atom. The number of hydrogen-bond acceptors (Lipinski definition) is 4. The van der Waals surface area contributed by atoms with Crippen LogP contribution in [0.3, 0.4) is 0 Å². The average Bonchev–Trinajstić information content (AvgIpc) is 3.49. The zero-order chi connectivity index (χ0) is 31.5. The van der Waals surface area contributed by atoms with Crippen LogP contribution in [0.25, 0.3) is 0 Å². The van der Waals surface area contributed by atoms with Gasteiger partial charge in [-0.1, -0.05) is 6.92 Å². The van der Waals surface area contributed by atoms with E-state index in [2.05, 4.69) is 33.9 Å². The topological polar surface area (TPSA) is 85.7 Å². The first-order chi connectivity index (χ1) is 21.8. The molecule has 4 amide bonds. The van der Waals surface area contributed by atoms with E-state index >= 15 is 0 Å². The summed E-state index contributed by atoms with van der Waals surface area (Å²) in [5.74, 6) is 0.306. The van der Waals surface area contributed by atoms with E-state index in [1.807, 2.05) is 4.90 Å². The molecule has 3 aromatic rings. The van der Waals surface area contributed by atoms with Crippen molar-refractivity contribution in [3.05, 3.63) is 77.4 Å². The maximum absolute atomic E-state index is 13.7. The number of aromatic nitrogens is 2. The zero-order valence-corrected chi connectivity index (χ0v) is 26.1. The Kier molecular flexibility index (Phi) is 9.34. The predicted octanol–water partition coefficient (Wildman–Crippen LogP) is 6.24. The van der Waals surface area contributed by atoms with Gasteiger partial charge in [-0.05, 0) is 94.0 Å². The summed E-state index contributed by atoms with van der Waals surface area (Å²) in [6, 6.07) is 12.6. The smallest absolute Gasteiger partial charge is 0.326 e. The number of hydrogen-bond donors (Lipinski definition) is 2. The van der Waals surface area contributed by atoms with E-state index in [9.17, 15) is 18.4 Å². The van der Waals surface area contributed by atoms with Gasteiger partial charge in [-0.3, -0.25) is 9.80 Å². The fourth-order valence-corrected chi connectivity index (χ4v) is 7.47. The second kappa shape index (κ2) is 13.6. The lowest BCUT2D eigenvalue weighted by Gasteiger charge is -2.41. The van der Waals surface area contributed by atoms with E-state index in [1.54, 1.807) is 17.0 Å². The first kappa shape index (κ1) is 31.0. The van der Waals surface area contributed by atoms with Gasteiger partial charge in [0.1, 0.15) is 17.5 Å². The van der Waals surface area contributed by atoms with Gasteiger partial charge in [0, 0.05) is 67.8 Å². The van der Waals surface area contributed by atoms with Crippen molar-refractivity contribution in [2.24, 2.45) is 0 Å². The van der Waals surface area contributed by atoms with Crippen molar-refractivity contribution in [2.75, 3.05) is 36.4 Å². The first-order valence-corrected chi connectivity index (χ1v) is 16.3. The minimum atomic E-state index is -0.372. The third-order valence-corrected chi connectivity index (χ3v) is 9.54. The van der Waals surface area contributed by atoms with E-state index in [1.165, 1.54) is 42.1 Å². The number of anilines is 2. The summed E-state index contributed by atoms with van der Waals surface area (Å²) in [7, 11) is 0. The van der Waals surface area contributed by atoms with Crippen molar-refractivity contribution < 1.29 is 18.4 Å². The zero-order valence-electron chi connectivity index (χ0n) is 26.1. The van der Waals surface area contributed by atoms with E-state index in [4.69, 9.17) is 4.98 Å². The minimum Gasteiger partial charge on any atom is -0.338 e. The summed E-state index contributed by atoms with van der Waals surface area (Å²) in [6.07, 6.45) is 6.95. The van der Waals surface area contributed by atoms with Crippen LogP contribution < -0.4 is 15.5 Å². The Morgan fingerprint density at radius 3 is 2.31 bits per heavy atom. The minimum absolute atomic E-state index is 0.00742. The number of piperidine rings is 1. The summed E-state index contributed by atoms with van der Waals surface area (Å²) in [4.78, 5) is 36.9. The summed E-state index contributed by atoms with van der Waals surface area (Å²) in [6.45, 7) is 7.43. The Hall–Kier alpha value is -3.99. The molecule has 0 radical (unpaired) electrons. The average molecular weight is 620 g/mol. The van der Waals surface area contributed by atoms with Crippen molar-refractivity contribution in [2.45, 2.75) is 83.5 Å². The van der Waals surface area contributed by atoms with Crippen LogP contribution in [0.5, 0.6) is 0 Å². The van der Waals surface area contributed by atoms with E-state index < -0.39 is 0 Å². The van der Waals surface area contributed by atoms with Crippen LogP contribution in [-0.2, 0) is 13.0 Å². The molecule has 240 valence electrons. The summed E-state index contributed by atoms with van der Waals surface area (Å²) in [5, 5.41) is 5.84. The quantitative estimate of drug-likeness (QED) is 0.297.